The molecule has 2 rings (SSSR count). The molecule has 1 aromatic rings. The zero-order valence-electron chi connectivity index (χ0n) is 13.9. The average Bonchev–Trinajstić information content (AvgIpc) is 2.95. The number of oxime groups is 1. The molecule has 1 atom stereocenters. The number of amides is 2. The van der Waals surface area contributed by atoms with Gasteiger partial charge in [0.15, 0.2) is 0 Å². The zero-order chi connectivity index (χ0) is 17.7. The summed E-state index contributed by atoms with van der Waals surface area (Å²) in [6.45, 7) is 4.17. The van der Waals surface area contributed by atoms with Crippen molar-refractivity contribution in [3.05, 3.63) is 23.8 Å². The Morgan fingerprint density at radius 1 is 1.42 bits per heavy atom. The second-order valence-corrected chi connectivity index (χ2v) is 7.43. The van der Waals surface area contributed by atoms with Gasteiger partial charge in [-0.05, 0) is 31.0 Å². The number of hydrogen-bond acceptors (Lipinski definition) is 5. The molecule has 0 radical (unpaired) electrons. The van der Waals surface area contributed by atoms with Crippen molar-refractivity contribution < 1.29 is 18.0 Å². The van der Waals surface area contributed by atoms with Gasteiger partial charge in [-0.25, -0.2) is 13.2 Å². The van der Waals surface area contributed by atoms with Gasteiger partial charge in [0.25, 0.3) is 0 Å². The molecule has 8 nitrogen and oxygen atoms in total. The Labute approximate surface area is 141 Å². The topological polar surface area (TPSA) is 109 Å². The number of carbonyl (C=O) groups is 1. The lowest BCUT2D eigenvalue weighted by molar-refractivity contribution is 0.0870. The molecule has 1 aliphatic heterocycles. The Morgan fingerprint density at radius 2 is 2.17 bits per heavy atom. The fraction of sp³-hybridized carbons (Fsp3) is 0.467. The van der Waals surface area contributed by atoms with Gasteiger partial charge in [0.2, 0.25) is 10.0 Å². The molecular formula is C15H22N4O4S. The van der Waals surface area contributed by atoms with E-state index in [-0.39, 0.29) is 12.1 Å². The number of nitrogens with one attached hydrogen (secondary N) is 3. The molecule has 2 amide bonds. The molecule has 0 saturated heterocycles. The number of benzene rings is 1. The Hall–Kier alpha value is -2.29. The molecule has 0 unspecified atom stereocenters. The van der Waals surface area contributed by atoms with Crippen LogP contribution < -0.4 is 15.4 Å². The number of hydrogen-bond donors (Lipinski definition) is 3. The number of anilines is 2. The van der Waals surface area contributed by atoms with Gasteiger partial charge in [-0.1, -0.05) is 18.1 Å². The summed E-state index contributed by atoms with van der Waals surface area (Å²) >= 11 is 0. The number of rotatable bonds is 6. The third-order valence-electron chi connectivity index (χ3n) is 3.48. The van der Waals surface area contributed by atoms with Gasteiger partial charge in [-0.2, -0.15) is 0 Å². The van der Waals surface area contributed by atoms with E-state index in [4.69, 9.17) is 4.84 Å². The maximum atomic E-state index is 12.0. The van der Waals surface area contributed by atoms with Crippen molar-refractivity contribution in [2.45, 2.75) is 32.8 Å². The maximum absolute atomic E-state index is 12.0. The second kappa shape index (κ2) is 7.52. The summed E-state index contributed by atoms with van der Waals surface area (Å²) in [5.41, 5.74) is 2.72. The molecule has 0 aliphatic carbocycles. The van der Waals surface area contributed by atoms with E-state index < -0.39 is 10.0 Å². The first-order valence-corrected chi connectivity index (χ1v) is 9.51. The molecule has 1 aromatic carbocycles. The van der Waals surface area contributed by atoms with Gasteiger partial charge in [0, 0.05) is 12.1 Å². The molecule has 3 N–H and O–H groups in total. The largest absolute Gasteiger partial charge is 0.390 e. The molecular weight excluding hydrogens is 332 g/mol. The minimum atomic E-state index is -3.37. The standard InChI is InChI=1S/C15H22N4O4S/c1-4-11-7-13(23-18-11)9-16-15(20)17-14-8-12(6-5-10(14)2)19-24(3,21)22/h5-6,8,13,19H,4,7,9H2,1-3H3,(H2,16,17,20)/t13-/m1/s1. The first-order chi connectivity index (χ1) is 11.3. The van der Waals surface area contributed by atoms with Crippen molar-refractivity contribution in [2.24, 2.45) is 5.16 Å². The predicted molar refractivity (Wildman–Crippen MR) is 93.9 cm³/mol. The summed E-state index contributed by atoms with van der Waals surface area (Å²) in [5.74, 6) is 0. The van der Waals surface area contributed by atoms with E-state index in [1.54, 1.807) is 18.2 Å². The van der Waals surface area contributed by atoms with Crippen LogP contribution in [0, 0.1) is 6.92 Å². The van der Waals surface area contributed by atoms with Crippen LogP contribution in [0.15, 0.2) is 23.4 Å². The van der Waals surface area contributed by atoms with Crippen LogP contribution in [0.1, 0.15) is 25.3 Å². The average molecular weight is 354 g/mol. The van der Waals surface area contributed by atoms with E-state index in [1.807, 2.05) is 13.8 Å². The van der Waals surface area contributed by atoms with Crippen LogP contribution in [0.3, 0.4) is 0 Å². The van der Waals surface area contributed by atoms with Crippen LogP contribution in [0.5, 0.6) is 0 Å². The van der Waals surface area contributed by atoms with Gasteiger partial charge in [-0.3, -0.25) is 4.72 Å². The third-order valence-corrected chi connectivity index (χ3v) is 4.09. The summed E-state index contributed by atoms with van der Waals surface area (Å²) < 4.78 is 24.9. The lowest BCUT2D eigenvalue weighted by atomic mass is 10.1. The highest BCUT2D eigenvalue weighted by Crippen LogP contribution is 2.21. The second-order valence-electron chi connectivity index (χ2n) is 5.68. The van der Waals surface area contributed by atoms with Crippen LogP contribution in [0.25, 0.3) is 0 Å². The van der Waals surface area contributed by atoms with Gasteiger partial charge in [-0.15, -0.1) is 0 Å². The fourth-order valence-corrected chi connectivity index (χ4v) is 2.77. The highest BCUT2D eigenvalue weighted by molar-refractivity contribution is 7.92. The molecule has 9 heteroatoms. The maximum Gasteiger partial charge on any atom is 0.319 e. The van der Waals surface area contributed by atoms with Crippen molar-refractivity contribution in [1.82, 2.24) is 5.32 Å². The molecule has 1 heterocycles. The summed E-state index contributed by atoms with van der Waals surface area (Å²) in [6, 6.07) is 4.54. The van der Waals surface area contributed by atoms with Crippen molar-refractivity contribution >= 4 is 33.1 Å². The molecule has 132 valence electrons. The van der Waals surface area contributed by atoms with Gasteiger partial charge >= 0.3 is 6.03 Å². The first kappa shape index (κ1) is 18.1. The minimum Gasteiger partial charge on any atom is -0.390 e. The summed E-state index contributed by atoms with van der Waals surface area (Å²) in [5, 5.41) is 9.37. The Kier molecular flexibility index (Phi) is 5.66. The molecule has 0 aromatic heterocycles. The molecule has 0 spiro atoms. The summed E-state index contributed by atoms with van der Waals surface area (Å²) in [4.78, 5) is 17.2. The highest BCUT2D eigenvalue weighted by atomic mass is 32.2. The summed E-state index contributed by atoms with van der Waals surface area (Å²) in [7, 11) is -3.37. The smallest absolute Gasteiger partial charge is 0.319 e. The van der Waals surface area contributed by atoms with Crippen molar-refractivity contribution in [3.63, 3.8) is 0 Å². The van der Waals surface area contributed by atoms with Crippen molar-refractivity contribution in [2.75, 3.05) is 22.8 Å². The quantitative estimate of drug-likeness (QED) is 0.726. The van der Waals surface area contributed by atoms with Crippen LogP contribution >= 0.6 is 0 Å². The SMILES string of the molecule is CCC1=NO[C@@H](CNC(=O)Nc2cc(NS(C)(=O)=O)ccc2C)C1. The van der Waals surface area contributed by atoms with Crippen LogP contribution in [0.4, 0.5) is 16.2 Å². The van der Waals surface area contributed by atoms with E-state index >= 15 is 0 Å². The third kappa shape index (κ3) is 5.41. The van der Waals surface area contributed by atoms with Crippen molar-refractivity contribution in [1.29, 1.82) is 0 Å². The lowest BCUT2D eigenvalue weighted by Gasteiger charge is -2.13. The minimum absolute atomic E-state index is 0.148. The van der Waals surface area contributed by atoms with Gasteiger partial charge in [0.05, 0.1) is 24.2 Å². The van der Waals surface area contributed by atoms with Crippen LogP contribution in [-0.2, 0) is 14.9 Å². The summed E-state index contributed by atoms with van der Waals surface area (Å²) in [6.07, 6.45) is 2.47. The number of carbonyl (C=O) groups excluding carboxylic acids is 1. The van der Waals surface area contributed by atoms with Crippen LogP contribution in [0.2, 0.25) is 0 Å². The van der Waals surface area contributed by atoms with E-state index in [2.05, 4.69) is 20.5 Å². The zero-order valence-corrected chi connectivity index (χ0v) is 14.7. The molecule has 0 fully saturated rings. The van der Waals surface area contributed by atoms with E-state index in [1.165, 1.54) is 0 Å². The normalized spacial score (nSPS) is 17.0. The molecule has 0 saturated carbocycles. The van der Waals surface area contributed by atoms with Gasteiger partial charge < -0.3 is 15.5 Å². The van der Waals surface area contributed by atoms with E-state index in [0.29, 0.717) is 24.3 Å². The Morgan fingerprint density at radius 3 is 2.79 bits per heavy atom. The van der Waals surface area contributed by atoms with Gasteiger partial charge in [0.1, 0.15) is 6.10 Å². The molecule has 24 heavy (non-hydrogen) atoms. The van der Waals surface area contributed by atoms with E-state index in [9.17, 15) is 13.2 Å². The number of sulfonamides is 1. The van der Waals surface area contributed by atoms with Crippen molar-refractivity contribution in [3.8, 4) is 0 Å². The highest BCUT2D eigenvalue weighted by Gasteiger charge is 2.20. The Bertz CT molecular complexity index is 746. The molecule has 0 bridgehead atoms. The number of aryl methyl sites for hydroxylation is 1. The number of urea groups is 1. The lowest BCUT2D eigenvalue weighted by Crippen LogP contribution is -2.35. The number of nitrogens with zero attached hydrogens (tertiary/aromatic N) is 1. The predicted octanol–water partition coefficient (Wildman–Crippen LogP) is 2.04. The fourth-order valence-electron chi connectivity index (χ4n) is 2.21. The van der Waals surface area contributed by atoms with Crippen LogP contribution in [-0.4, -0.2) is 39.1 Å². The molecule has 1 aliphatic rings. The Balaban J connectivity index is 1.90. The first-order valence-electron chi connectivity index (χ1n) is 7.61. The van der Waals surface area contributed by atoms with E-state index in [0.717, 1.165) is 24.0 Å². The monoisotopic (exact) mass is 354 g/mol.